The van der Waals surface area contributed by atoms with Crippen LogP contribution in [0.15, 0.2) is 12.1 Å². The molecule has 15 heavy (non-hydrogen) atoms. The van der Waals surface area contributed by atoms with E-state index in [2.05, 4.69) is 14.9 Å². The van der Waals surface area contributed by atoms with Gasteiger partial charge in [0.1, 0.15) is 0 Å². The molecular formula is C7H9ClN4O2S. The summed E-state index contributed by atoms with van der Waals surface area (Å²) in [6.45, 7) is 1.11. The van der Waals surface area contributed by atoms with Gasteiger partial charge in [0, 0.05) is 13.1 Å². The Bertz CT molecular complexity index is 447. The second-order valence-electron chi connectivity index (χ2n) is 3.08. The van der Waals surface area contributed by atoms with Crippen molar-refractivity contribution in [2.75, 3.05) is 13.1 Å². The molecule has 1 aromatic heterocycles. The normalized spacial score (nSPS) is 20.6. The maximum Gasteiger partial charge on any atom is 0.279 e. The van der Waals surface area contributed by atoms with E-state index in [0.29, 0.717) is 23.9 Å². The van der Waals surface area contributed by atoms with Gasteiger partial charge in [-0.25, -0.2) is 4.72 Å². The summed E-state index contributed by atoms with van der Waals surface area (Å²) in [5.41, 5.74) is 0.576. The summed E-state index contributed by atoms with van der Waals surface area (Å²) in [4.78, 5) is 0. The summed E-state index contributed by atoms with van der Waals surface area (Å²) >= 11 is 5.57. The van der Waals surface area contributed by atoms with E-state index in [1.165, 1.54) is 4.31 Å². The molecular weight excluding hydrogens is 240 g/mol. The highest BCUT2D eigenvalue weighted by Crippen LogP contribution is 2.10. The number of hydrogen-bond donors (Lipinski definition) is 1. The molecule has 1 aliphatic heterocycles. The standard InChI is InChI=1S/C7H9ClN4O2S/c8-7-2-1-6(10-11-7)5-12-4-3-9-15(12,13)14/h1-2,9H,3-5H2. The van der Waals surface area contributed by atoms with E-state index in [0.717, 1.165) is 0 Å². The maximum absolute atomic E-state index is 11.4. The third-order valence-corrected chi connectivity index (χ3v) is 3.77. The van der Waals surface area contributed by atoms with Crippen LogP contribution in [0.2, 0.25) is 5.15 Å². The molecule has 0 amide bonds. The predicted molar refractivity (Wildman–Crippen MR) is 54.4 cm³/mol. The van der Waals surface area contributed by atoms with Gasteiger partial charge >= 0.3 is 0 Å². The van der Waals surface area contributed by atoms with Crippen molar-refractivity contribution >= 4 is 21.8 Å². The lowest BCUT2D eigenvalue weighted by atomic mass is 10.4. The average Bonchev–Trinajstić information content (AvgIpc) is 2.50. The monoisotopic (exact) mass is 248 g/mol. The first kappa shape index (κ1) is 10.7. The largest absolute Gasteiger partial charge is 0.279 e. The highest BCUT2D eigenvalue weighted by atomic mass is 35.5. The lowest BCUT2D eigenvalue weighted by Gasteiger charge is -2.11. The average molecular weight is 249 g/mol. The van der Waals surface area contributed by atoms with Crippen LogP contribution in [0.1, 0.15) is 5.69 Å². The number of halogens is 1. The zero-order valence-electron chi connectivity index (χ0n) is 7.72. The smallest absolute Gasteiger partial charge is 0.201 e. The number of nitrogens with zero attached hydrogens (tertiary/aromatic N) is 3. The van der Waals surface area contributed by atoms with Crippen LogP contribution in [0.3, 0.4) is 0 Å². The van der Waals surface area contributed by atoms with Crippen molar-refractivity contribution in [2.24, 2.45) is 0 Å². The second kappa shape index (κ2) is 4.01. The van der Waals surface area contributed by atoms with Gasteiger partial charge in [-0.3, -0.25) is 0 Å². The van der Waals surface area contributed by atoms with E-state index in [4.69, 9.17) is 11.6 Å². The summed E-state index contributed by atoms with van der Waals surface area (Å²) < 4.78 is 26.5. The van der Waals surface area contributed by atoms with Crippen LogP contribution in [-0.4, -0.2) is 36.0 Å². The third-order valence-electron chi connectivity index (χ3n) is 2.01. The fourth-order valence-electron chi connectivity index (χ4n) is 1.28. The van der Waals surface area contributed by atoms with E-state index in [1.807, 2.05) is 0 Å². The molecule has 2 rings (SSSR count). The molecule has 0 saturated carbocycles. The van der Waals surface area contributed by atoms with Gasteiger partial charge in [-0.05, 0) is 12.1 Å². The maximum atomic E-state index is 11.4. The quantitative estimate of drug-likeness (QED) is 0.785. The molecule has 1 aromatic rings. The van der Waals surface area contributed by atoms with Crippen LogP contribution in [0.4, 0.5) is 0 Å². The van der Waals surface area contributed by atoms with E-state index >= 15 is 0 Å². The van der Waals surface area contributed by atoms with Gasteiger partial charge in [0.2, 0.25) is 0 Å². The van der Waals surface area contributed by atoms with E-state index in [-0.39, 0.29) is 6.54 Å². The number of nitrogens with one attached hydrogen (secondary N) is 1. The van der Waals surface area contributed by atoms with Gasteiger partial charge in [0.25, 0.3) is 10.2 Å². The van der Waals surface area contributed by atoms with Gasteiger partial charge in [-0.15, -0.1) is 5.10 Å². The minimum absolute atomic E-state index is 0.222. The summed E-state index contributed by atoms with van der Waals surface area (Å²) in [6, 6.07) is 3.24. The Labute approximate surface area is 92.4 Å². The first-order chi connectivity index (χ1) is 7.08. The van der Waals surface area contributed by atoms with Crippen molar-refractivity contribution in [3.8, 4) is 0 Å². The van der Waals surface area contributed by atoms with Gasteiger partial charge in [-0.1, -0.05) is 11.6 Å². The van der Waals surface area contributed by atoms with E-state index in [1.54, 1.807) is 12.1 Å². The molecule has 0 atom stereocenters. The first-order valence-electron chi connectivity index (χ1n) is 4.31. The molecule has 0 unspecified atom stereocenters. The number of aromatic nitrogens is 2. The van der Waals surface area contributed by atoms with Gasteiger partial charge < -0.3 is 0 Å². The molecule has 1 N–H and O–H groups in total. The highest BCUT2D eigenvalue weighted by molar-refractivity contribution is 7.87. The van der Waals surface area contributed by atoms with Crippen LogP contribution in [0.5, 0.6) is 0 Å². The zero-order chi connectivity index (χ0) is 10.9. The Hall–Kier alpha value is -0.760. The molecule has 0 aromatic carbocycles. The Morgan fingerprint density at radius 3 is 2.80 bits per heavy atom. The molecule has 0 radical (unpaired) electrons. The lowest BCUT2D eigenvalue weighted by Crippen LogP contribution is -2.29. The minimum Gasteiger partial charge on any atom is -0.201 e. The number of rotatable bonds is 2. The summed E-state index contributed by atoms with van der Waals surface area (Å²) in [6.07, 6.45) is 0. The van der Waals surface area contributed by atoms with Crippen LogP contribution < -0.4 is 4.72 Å². The zero-order valence-corrected chi connectivity index (χ0v) is 9.29. The first-order valence-corrected chi connectivity index (χ1v) is 6.12. The Balaban J connectivity index is 2.12. The van der Waals surface area contributed by atoms with E-state index < -0.39 is 10.2 Å². The van der Waals surface area contributed by atoms with Crippen LogP contribution in [-0.2, 0) is 16.8 Å². The topological polar surface area (TPSA) is 75.2 Å². The molecule has 1 fully saturated rings. The van der Waals surface area contributed by atoms with Crippen molar-refractivity contribution in [3.63, 3.8) is 0 Å². The third kappa shape index (κ3) is 2.43. The Morgan fingerprint density at radius 1 is 1.47 bits per heavy atom. The van der Waals surface area contributed by atoms with Gasteiger partial charge in [0.05, 0.1) is 12.2 Å². The van der Waals surface area contributed by atoms with Gasteiger partial charge in [0.15, 0.2) is 5.15 Å². The minimum atomic E-state index is -3.31. The summed E-state index contributed by atoms with van der Waals surface area (Å²) in [5.74, 6) is 0. The van der Waals surface area contributed by atoms with E-state index in [9.17, 15) is 8.42 Å². The number of hydrogen-bond acceptors (Lipinski definition) is 4. The van der Waals surface area contributed by atoms with Crippen LogP contribution >= 0.6 is 11.6 Å². The molecule has 8 heteroatoms. The molecule has 6 nitrogen and oxygen atoms in total. The molecule has 82 valence electrons. The summed E-state index contributed by atoms with van der Waals surface area (Å²) in [7, 11) is -3.31. The fourth-order valence-corrected chi connectivity index (χ4v) is 2.55. The molecule has 0 spiro atoms. The highest BCUT2D eigenvalue weighted by Gasteiger charge is 2.27. The summed E-state index contributed by atoms with van der Waals surface area (Å²) in [5, 5.41) is 7.73. The molecule has 0 aliphatic carbocycles. The molecule has 2 heterocycles. The van der Waals surface area contributed by atoms with Crippen molar-refractivity contribution in [1.82, 2.24) is 19.2 Å². The lowest BCUT2D eigenvalue weighted by molar-refractivity contribution is 0.439. The predicted octanol–water partition coefficient (Wildman–Crippen LogP) is -0.220. The van der Waals surface area contributed by atoms with Gasteiger partial charge in [-0.2, -0.15) is 17.8 Å². The Kier molecular flexibility index (Phi) is 2.87. The second-order valence-corrected chi connectivity index (χ2v) is 5.22. The van der Waals surface area contributed by atoms with Crippen molar-refractivity contribution < 1.29 is 8.42 Å². The van der Waals surface area contributed by atoms with Crippen molar-refractivity contribution in [2.45, 2.75) is 6.54 Å². The van der Waals surface area contributed by atoms with Crippen LogP contribution in [0.25, 0.3) is 0 Å². The molecule has 0 bridgehead atoms. The molecule has 1 saturated heterocycles. The Morgan fingerprint density at radius 2 is 2.27 bits per heavy atom. The SMILES string of the molecule is O=S1(=O)NCCN1Cc1ccc(Cl)nn1. The van der Waals surface area contributed by atoms with Crippen molar-refractivity contribution in [3.05, 3.63) is 23.0 Å². The van der Waals surface area contributed by atoms with Crippen molar-refractivity contribution in [1.29, 1.82) is 0 Å². The fraction of sp³-hybridized carbons (Fsp3) is 0.429. The molecule has 1 aliphatic rings. The van der Waals surface area contributed by atoms with Crippen LogP contribution in [0, 0.1) is 0 Å².